The summed E-state index contributed by atoms with van der Waals surface area (Å²) >= 11 is 0. The molecule has 0 spiro atoms. The Kier molecular flexibility index (Phi) is 2.55. The van der Waals surface area contributed by atoms with Gasteiger partial charge >= 0.3 is 5.97 Å². The van der Waals surface area contributed by atoms with Gasteiger partial charge in [-0.15, -0.1) is 0 Å². The maximum Gasteiger partial charge on any atom is 0.341 e. The SMILES string of the molecule is COC(=O)c1cnc2c(c1N)CCNC2. The largest absolute Gasteiger partial charge is 0.465 e. The monoisotopic (exact) mass is 207 g/mol. The molecule has 2 rings (SSSR count). The molecular weight excluding hydrogens is 194 g/mol. The lowest BCUT2D eigenvalue weighted by Crippen LogP contribution is -2.26. The predicted molar refractivity (Wildman–Crippen MR) is 55.4 cm³/mol. The van der Waals surface area contributed by atoms with Crippen LogP contribution in [0.15, 0.2) is 6.20 Å². The van der Waals surface area contributed by atoms with Crippen molar-refractivity contribution in [3.05, 3.63) is 23.0 Å². The van der Waals surface area contributed by atoms with Gasteiger partial charge in [0.15, 0.2) is 0 Å². The van der Waals surface area contributed by atoms with Crippen molar-refractivity contribution in [1.29, 1.82) is 0 Å². The summed E-state index contributed by atoms with van der Waals surface area (Å²) in [6.07, 6.45) is 2.28. The summed E-state index contributed by atoms with van der Waals surface area (Å²) < 4.78 is 4.63. The molecular formula is C10H13N3O2. The topological polar surface area (TPSA) is 77.2 Å². The van der Waals surface area contributed by atoms with E-state index in [1.54, 1.807) is 0 Å². The Labute approximate surface area is 87.6 Å². The molecule has 1 aliphatic rings. The van der Waals surface area contributed by atoms with Gasteiger partial charge in [0.1, 0.15) is 5.56 Å². The minimum atomic E-state index is -0.429. The van der Waals surface area contributed by atoms with Gasteiger partial charge in [-0.2, -0.15) is 0 Å². The van der Waals surface area contributed by atoms with Crippen molar-refractivity contribution in [2.75, 3.05) is 19.4 Å². The summed E-state index contributed by atoms with van der Waals surface area (Å²) in [6, 6.07) is 0. The van der Waals surface area contributed by atoms with Gasteiger partial charge < -0.3 is 15.8 Å². The fourth-order valence-electron chi connectivity index (χ4n) is 1.73. The fraction of sp³-hybridized carbons (Fsp3) is 0.400. The molecule has 1 aromatic heterocycles. The molecule has 5 nitrogen and oxygen atoms in total. The van der Waals surface area contributed by atoms with Crippen LogP contribution in [0.4, 0.5) is 5.69 Å². The van der Waals surface area contributed by atoms with Crippen molar-refractivity contribution in [1.82, 2.24) is 10.3 Å². The van der Waals surface area contributed by atoms with Crippen molar-refractivity contribution < 1.29 is 9.53 Å². The third kappa shape index (κ3) is 1.66. The molecule has 0 amide bonds. The Balaban J connectivity index is 2.47. The van der Waals surface area contributed by atoms with Crippen LogP contribution in [0.25, 0.3) is 0 Å². The van der Waals surface area contributed by atoms with Crippen molar-refractivity contribution in [2.45, 2.75) is 13.0 Å². The molecule has 0 atom stereocenters. The minimum Gasteiger partial charge on any atom is -0.465 e. The number of nitrogen functional groups attached to an aromatic ring is 1. The molecule has 3 N–H and O–H groups in total. The Morgan fingerprint density at radius 2 is 2.47 bits per heavy atom. The first-order chi connectivity index (χ1) is 7.24. The van der Waals surface area contributed by atoms with Gasteiger partial charge in [0.2, 0.25) is 0 Å². The number of nitrogens with one attached hydrogen (secondary N) is 1. The quantitative estimate of drug-likeness (QED) is 0.638. The normalized spacial score (nSPS) is 14.5. The maximum absolute atomic E-state index is 11.4. The van der Waals surface area contributed by atoms with Crippen molar-refractivity contribution in [2.24, 2.45) is 0 Å². The van der Waals surface area contributed by atoms with E-state index < -0.39 is 5.97 Å². The first kappa shape index (κ1) is 9.92. The maximum atomic E-state index is 11.4. The standard InChI is InChI=1S/C10H13N3O2/c1-15-10(14)7-4-13-8-5-12-3-2-6(8)9(7)11/h4,12H,2-3,5H2,1H3,(H2,11,13). The molecule has 0 bridgehead atoms. The summed E-state index contributed by atoms with van der Waals surface area (Å²) in [5, 5.41) is 3.20. The average Bonchev–Trinajstić information content (AvgIpc) is 2.29. The molecule has 0 fully saturated rings. The van der Waals surface area contributed by atoms with E-state index in [9.17, 15) is 4.79 Å². The van der Waals surface area contributed by atoms with Crippen LogP contribution in [0.1, 0.15) is 21.6 Å². The lowest BCUT2D eigenvalue weighted by Gasteiger charge is -2.18. The molecule has 0 radical (unpaired) electrons. The number of hydrogen-bond acceptors (Lipinski definition) is 5. The summed E-state index contributed by atoms with van der Waals surface area (Å²) in [5.74, 6) is -0.429. The zero-order valence-electron chi connectivity index (χ0n) is 8.54. The second kappa shape index (κ2) is 3.86. The lowest BCUT2D eigenvalue weighted by atomic mass is 10.0. The number of anilines is 1. The van der Waals surface area contributed by atoms with Crippen molar-refractivity contribution in [3.8, 4) is 0 Å². The van der Waals surface area contributed by atoms with Crippen LogP contribution in [-0.4, -0.2) is 24.6 Å². The van der Waals surface area contributed by atoms with Gasteiger partial charge in [-0.25, -0.2) is 4.79 Å². The molecule has 15 heavy (non-hydrogen) atoms. The van der Waals surface area contributed by atoms with Gasteiger partial charge in [-0.1, -0.05) is 0 Å². The minimum absolute atomic E-state index is 0.359. The number of rotatable bonds is 1. The van der Waals surface area contributed by atoms with Crippen LogP contribution in [0, 0.1) is 0 Å². The third-order valence-corrected chi connectivity index (χ3v) is 2.56. The van der Waals surface area contributed by atoms with Gasteiger partial charge in [-0.3, -0.25) is 4.98 Å². The van der Waals surface area contributed by atoms with Crippen LogP contribution in [0.2, 0.25) is 0 Å². The number of hydrogen-bond donors (Lipinski definition) is 2. The molecule has 0 saturated heterocycles. The smallest absolute Gasteiger partial charge is 0.341 e. The van der Waals surface area contributed by atoms with E-state index in [4.69, 9.17) is 5.73 Å². The van der Waals surface area contributed by atoms with E-state index in [-0.39, 0.29) is 0 Å². The molecule has 80 valence electrons. The van der Waals surface area contributed by atoms with Crippen molar-refractivity contribution in [3.63, 3.8) is 0 Å². The lowest BCUT2D eigenvalue weighted by molar-refractivity contribution is 0.0601. The molecule has 2 heterocycles. The number of fused-ring (bicyclic) bond motifs is 1. The third-order valence-electron chi connectivity index (χ3n) is 2.56. The molecule has 1 aromatic rings. The average molecular weight is 207 g/mol. The van der Waals surface area contributed by atoms with E-state index in [1.807, 2.05) is 0 Å². The number of methoxy groups -OCH3 is 1. The summed E-state index contributed by atoms with van der Waals surface area (Å²) in [7, 11) is 1.34. The zero-order valence-corrected chi connectivity index (χ0v) is 8.54. The van der Waals surface area contributed by atoms with E-state index in [1.165, 1.54) is 13.3 Å². The van der Waals surface area contributed by atoms with E-state index in [0.717, 1.165) is 24.2 Å². The molecule has 5 heteroatoms. The first-order valence-corrected chi connectivity index (χ1v) is 4.79. The fourth-order valence-corrected chi connectivity index (χ4v) is 1.73. The van der Waals surface area contributed by atoms with Gasteiger partial charge in [0.25, 0.3) is 0 Å². The van der Waals surface area contributed by atoms with E-state index >= 15 is 0 Å². The summed E-state index contributed by atoms with van der Waals surface area (Å²) in [4.78, 5) is 15.6. The number of aromatic nitrogens is 1. The summed E-state index contributed by atoms with van der Waals surface area (Å²) in [6.45, 7) is 1.57. The van der Waals surface area contributed by atoms with Crippen LogP contribution < -0.4 is 11.1 Å². The second-order valence-electron chi connectivity index (χ2n) is 3.43. The molecule has 0 unspecified atom stereocenters. The van der Waals surface area contributed by atoms with Crippen LogP contribution >= 0.6 is 0 Å². The van der Waals surface area contributed by atoms with Crippen LogP contribution in [0.3, 0.4) is 0 Å². The van der Waals surface area contributed by atoms with E-state index in [2.05, 4.69) is 15.0 Å². The highest BCUT2D eigenvalue weighted by Crippen LogP contribution is 2.22. The molecule has 0 aromatic carbocycles. The van der Waals surface area contributed by atoms with Gasteiger partial charge in [-0.05, 0) is 13.0 Å². The molecule has 1 aliphatic heterocycles. The van der Waals surface area contributed by atoms with Gasteiger partial charge in [0, 0.05) is 18.3 Å². The number of esters is 1. The van der Waals surface area contributed by atoms with Crippen LogP contribution in [0.5, 0.6) is 0 Å². The van der Waals surface area contributed by atoms with E-state index in [0.29, 0.717) is 17.8 Å². The Morgan fingerprint density at radius 3 is 3.20 bits per heavy atom. The molecule has 0 saturated carbocycles. The number of pyridine rings is 1. The summed E-state index contributed by atoms with van der Waals surface area (Å²) in [5.41, 5.74) is 8.67. The highest BCUT2D eigenvalue weighted by molar-refractivity contribution is 5.95. The number of nitrogens with two attached hydrogens (primary N) is 1. The zero-order chi connectivity index (χ0) is 10.8. The van der Waals surface area contributed by atoms with Crippen LogP contribution in [-0.2, 0) is 17.7 Å². The Hall–Kier alpha value is -1.62. The molecule has 0 aliphatic carbocycles. The van der Waals surface area contributed by atoms with Crippen molar-refractivity contribution >= 4 is 11.7 Å². The Bertz CT molecular complexity index is 404. The number of carbonyl (C=O) groups is 1. The number of carbonyl (C=O) groups excluding carboxylic acids is 1. The Morgan fingerprint density at radius 1 is 1.67 bits per heavy atom. The highest BCUT2D eigenvalue weighted by Gasteiger charge is 2.19. The number of ether oxygens (including phenoxy) is 1. The highest BCUT2D eigenvalue weighted by atomic mass is 16.5. The first-order valence-electron chi connectivity index (χ1n) is 4.79. The predicted octanol–water partition coefficient (Wildman–Crippen LogP) is 0.0961. The second-order valence-corrected chi connectivity index (χ2v) is 3.43. The number of nitrogens with zero attached hydrogens (tertiary/aromatic N) is 1. The van der Waals surface area contributed by atoms with Gasteiger partial charge in [0.05, 0.1) is 18.5 Å².